The highest BCUT2D eigenvalue weighted by Crippen LogP contribution is 2.24. The van der Waals surface area contributed by atoms with Gasteiger partial charge in [0.25, 0.3) is 0 Å². The topological polar surface area (TPSA) is 87.2 Å². The van der Waals surface area contributed by atoms with Gasteiger partial charge >= 0.3 is 5.97 Å². The van der Waals surface area contributed by atoms with Crippen molar-refractivity contribution in [3.05, 3.63) is 24.3 Å². The molecule has 1 fully saturated rings. The minimum absolute atomic E-state index is 0.0325. The average molecular weight is 399 g/mol. The molecule has 1 N–H and O–H groups in total. The molecule has 27 heavy (non-hydrogen) atoms. The van der Waals surface area contributed by atoms with Crippen molar-refractivity contribution in [1.82, 2.24) is 9.21 Å². The molecule has 0 radical (unpaired) electrons. The molecule has 0 spiro atoms. The SMILES string of the molecule is CC(C)COc1ccc(S(=O)(=O)N2CCCC(N(C)CC(=O)O)CC2)cc1. The normalized spacial score (nSPS) is 19.2. The molecule has 8 heteroatoms. The molecule has 1 heterocycles. The fourth-order valence-corrected chi connectivity index (χ4v) is 4.69. The first-order chi connectivity index (χ1) is 12.7. The smallest absolute Gasteiger partial charge is 0.317 e. The fraction of sp³-hybridized carbons (Fsp3) is 0.632. The summed E-state index contributed by atoms with van der Waals surface area (Å²) < 4.78 is 33.0. The van der Waals surface area contributed by atoms with Crippen molar-refractivity contribution < 1.29 is 23.1 Å². The number of carboxylic acid groups (broad SMARTS) is 1. The van der Waals surface area contributed by atoms with Gasteiger partial charge < -0.3 is 9.84 Å². The molecule has 2 rings (SSSR count). The van der Waals surface area contributed by atoms with Gasteiger partial charge in [-0.05, 0) is 56.5 Å². The fourth-order valence-electron chi connectivity index (χ4n) is 3.20. The summed E-state index contributed by atoms with van der Waals surface area (Å²) in [7, 11) is -1.79. The van der Waals surface area contributed by atoms with Crippen LogP contribution in [0.1, 0.15) is 33.1 Å². The highest BCUT2D eigenvalue weighted by atomic mass is 32.2. The summed E-state index contributed by atoms with van der Waals surface area (Å²) in [6.07, 6.45) is 2.12. The lowest BCUT2D eigenvalue weighted by molar-refractivity contribution is -0.138. The Bertz CT molecular complexity index is 718. The summed E-state index contributed by atoms with van der Waals surface area (Å²) in [6.45, 7) is 5.51. The van der Waals surface area contributed by atoms with Crippen molar-refractivity contribution in [2.24, 2.45) is 5.92 Å². The Morgan fingerprint density at radius 2 is 1.93 bits per heavy atom. The number of ether oxygens (including phenoxy) is 1. The number of rotatable bonds is 8. The maximum Gasteiger partial charge on any atom is 0.317 e. The Morgan fingerprint density at radius 3 is 2.52 bits per heavy atom. The molecule has 0 aromatic heterocycles. The molecule has 1 aromatic carbocycles. The molecule has 0 aliphatic carbocycles. The Hall–Kier alpha value is -1.64. The zero-order chi connectivity index (χ0) is 20.0. The number of benzene rings is 1. The molecular weight excluding hydrogens is 368 g/mol. The summed E-state index contributed by atoms with van der Waals surface area (Å²) in [5.74, 6) is 0.192. The monoisotopic (exact) mass is 398 g/mol. The van der Waals surface area contributed by atoms with Crippen molar-refractivity contribution >= 4 is 16.0 Å². The van der Waals surface area contributed by atoms with Gasteiger partial charge in [0, 0.05) is 19.1 Å². The van der Waals surface area contributed by atoms with E-state index in [9.17, 15) is 13.2 Å². The van der Waals surface area contributed by atoms with E-state index in [1.807, 2.05) is 0 Å². The van der Waals surface area contributed by atoms with Crippen LogP contribution in [0.25, 0.3) is 0 Å². The van der Waals surface area contributed by atoms with Crippen molar-refractivity contribution in [1.29, 1.82) is 0 Å². The Labute approximate surface area is 162 Å². The number of carboxylic acids is 1. The van der Waals surface area contributed by atoms with Crippen LogP contribution in [0.15, 0.2) is 29.2 Å². The Kier molecular flexibility index (Phi) is 7.64. The van der Waals surface area contributed by atoms with E-state index in [1.54, 1.807) is 36.2 Å². The zero-order valence-corrected chi connectivity index (χ0v) is 17.1. The van der Waals surface area contributed by atoms with E-state index in [0.717, 1.165) is 6.42 Å². The van der Waals surface area contributed by atoms with Crippen LogP contribution >= 0.6 is 0 Å². The number of hydrogen-bond acceptors (Lipinski definition) is 5. The summed E-state index contributed by atoms with van der Waals surface area (Å²) in [6, 6.07) is 6.63. The van der Waals surface area contributed by atoms with E-state index in [0.29, 0.717) is 44.2 Å². The van der Waals surface area contributed by atoms with Crippen molar-refractivity contribution in [2.45, 2.75) is 44.0 Å². The van der Waals surface area contributed by atoms with Crippen LogP contribution in [-0.4, -0.2) is 68.0 Å². The van der Waals surface area contributed by atoms with Crippen LogP contribution in [0.2, 0.25) is 0 Å². The van der Waals surface area contributed by atoms with E-state index in [-0.39, 0.29) is 17.5 Å². The number of carbonyl (C=O) groups is 1. The zero-order valence-electron chi connectivity index (χ0n) is 16.3. The first-order valence-electron chi connectivity index (χ1n) is 9.35. The van der Waals surface area contributed by atoms with Crippen LogP contribution in [0.5, 0.6) is 5.75 Å². The van der Waals surface area contributed by atoms with Crippen molar-refractivity contribution in [3.63, 3.8) is 0 Å². The average Bonchev–Trinajstić information content (AvgIpc) is 2.86. The number of nitrogens with zero attached hydrogens (tertiary/aromatic N) is 2. The van der Waals surface area contributed by atoms with Crippen LogP contribution in [0.4, 0.5) is 0 Å². The van der Waals surface area contributed by atoms with Gasteiger partial charge in [0.2, 0.25) is 10.0 Å². The lowest BCUT2D eigenvalue weighted by Crippen LogP contribution is -2.37. The van der Waals surface area contributed by atoms with Crippen LogP contribution in [0.3, 0.4) is 0 Å². The minimum atomic E-state index is -3.56. The van der Waals surface area contributed by atoms with Gasteiger partial charge in [-0.15, -0.1) is 0 Å². The van der Waals surface area contributed by atoms with Gasteiger partial charge in [0.15, 0.2) is 0 Å². The second-order valence-electron chi connectivity index (χ2n) is 7.47. The number of likely N-dealkylation sites (N-methyl/N-ethyl adjacent to an activating group) is 1. The lowest BCUT2D eigenvalue weighted by atomic mass is 10.1. The van der Waals surface area contributed by atoms with Crippen molar-refractivity contribution in [3.8, 4) is 5.75 Å². The molecule has 1 saturated heterocycles. The number of hydrogen-bond donors (Lipinski definition) is 1. The number of sulfonamides is 1. The largest absolute Gasteiger partial charge is 0.493 e. The molecule has 7 nitrogen and oxygen atoms in total. The van der Waals surface area contributed by atoms with E-state index in [2.05, 4.69) is 13.8 Å². The lowest BCUT2D eigenvalue weighted by Gasteiger charge is -2.25. The molecule has 0 saturated carbocycles. The highest BCUT2D eigenvalue weighted by molar-refractivity contribution is 7.89. The molecular formula is C19H30N2O5S. The van der Waals surface area contributed by atoms with Gasteiger partial charge in [0.05, 0.1) is 18.0 Å². The summed E-state index contributed by atoms with van der Waals surface area (Å²) in [5, 5.41) is 8.95. The van der Waals surface area contributed by atoms with Gasteiger partial charge in [0.1, 0.15) is 5.75 Å². The molecule has 152 valence electrons. The molecule has 1 unspecified atom stereocenters. The quantitative estimate of drug-likeness (QED) is 0.723. The predicted octanol–water partition coefficient (Wildman–Crippen LogP) is 2.28. The van der Waals surface area contributed by atoms with E-state index in [1.165, 1.54) is 4.31 Å². The molecule has 0 bridgehead atoms. The van der Waals surface area contributed by atoms with Gasteiger partial charge in [-0.25, -0.2) is 8.42 Å². The second kappa shape index (κ2) is 9.52. The summed E-state index contributed by atoms with van der Waals surface area (Å²) in [5.41, 5.74) is 0. The minimum Gasteiger partial charge on any atom is -0.493 e. The van der Waals surface area contributed by atoms with Crippen LogP contribution in [-0.2, 0) is 14.8 Å². The molecule has 1 aliphatic heterocycles. The predicted molar refractivity (Wildman–Crippen MR) is 103 cm³/mol. The van der Waals surface area contributed by atoms with Gasteiger partial charge in [-0.3, -0.25) is 9.69 Å². The third-order valence-corrected chi connectivity index (χ3v) is 6.62. The van der Waals surface area contributed by atoms with Gasteiger partial charge in [-0.1, -0.05) is 13.8 Å². The molecule has 1 aromatic rings. The van der Waals surface area contributed by atoms with Crippen LogP contribution in [0, 0.1) is 5.92 Å². The molecule has 0 amide bonds. The first-order valence-corrected chi connectivity index (χ1v) is 10.8. The standard InChI is InChI=1S/C19H30N2O5S/c1-15(2)14-26-17-6-8-18(9-7-17)27(24,25)21-11-4-5-16(10-12-21)20(3)13-19(22)23/h6-9,15-16H,4-5,10-14H2,1-3H3,(H,22,23). The first kappa shape index (κ1) is 21.7. The molecule has 1 atom stereocenters. The third-order valence-electron chi connectivity index (χ3n) is 4.71. The maximum absolute atomic E-state index is 12.9. The van der Waals surface area contributed by atoms with Crippen molar-refractivity contribution in [2.75, 3.05) is 33.3 Å². The summed E-state index contributed by atoms with van der Waals surface area (Å²) >= 11 is 0. The highest BCUT2D eigenvalue weighted by Gasteiger charge is 2.29. The second-order valence-corrected chi connectivity index (χ2v) is 9.41. The Balaban J connectivity index is 2.02. The van der Waals surface area contributed by atoms with Gasteiger partial charge in [-0.2, -0.15) is 4.31 Å². The molecule has 1 aliphatic rings. The Morgan fingerprint density at radius 1 is 1.26 bits per heavy atom. The maximum atomic E-state index is 12.9. The number of aliphatic carboxylic acids is 1. The van der Waals surface area contributed by atoms with Crippen LogP contribution < -0.4 is 4.74 Å². The van der Waals surface area contributed by atoms with E-state index in [4.69, 9.17) is 9.84 Å². The third kappa shape index (κ3) is 6.19. The summed E-state index contributed by atoms with van der Waals surface area (Å²) in [4.78, 5) is 13.0. The van der Waals surface area contributed by atoms with E-state index < -0.39 is 16.0 Å². The van der Waals surface area contributed by atoms with E-state index >= 15 is 0 Å².